The molecule has 0 bridgehead atoms. The number of rotatable bonds is 3. The molecule has 2 aliphatic rings. The van der Waals surface area contributed by atoms with Crippen molar-refractivity contribution in [2.24, 2.45) is 0 Å². The van der Waals surface area contributed by atoms with E-state index in [4.69, 9.17) is 0 Å². The lowest BCUT2D eigenvalue weighted by molar-refractivity contribution is 0.148. The molecule has 1 N–H and O–H groups in total. The molecule has 2 fully saturated rings. The Bertz CT molecular complexity index is 404. The number of piperazine rings is 1. The Morgan fingerprint density at radius 3 is 2.68 bits per heavy atom. The van der Waals surface area contributed by atoms with Crippen LogP contribution in [0.15, 0.2) is 24.3 Å². The van der Waals surface area contributed by atoms with Crippen LogP contribution in [0.4, 0.5) is 0 Å². The van der Waals surface area contributed by atoms with Gasteiger partial charge in [-0.3, -0.25) is 4.90 Å². The summed E-state index contributed by atoms with van der Waals surface area (Å²) in [6, 6.07) is 9.05. The molecule has 19 heavy (non-hydrogen) atoms. The summed E-state index contributed by atoms with van der Waals surface area (Å²) in [6.07, 6.45) is 1.29. The van der Waals surface area contributed by atoms with Crippen LogP contribution < -0.4 is 5.32 Å². The van der Waals surface area contributed by atoms with Gasteiger partial charge >= 0.3 is 0 Å². The molecule has 0 radical (unpaired) electrons. The van der Waals surface area contributed by atoms with E-state index in [1.54, 1.807) is 11.1 Å². The molecule has 1 aromatic carbocycles. The Labute approximate surface area is 116 Å². The van der Waals surface area contributed by atoms with Crippen LogP contribution in [0.2, 0.25) is 0 Å². The van der Waals surface area contributed by atoms with Gasteiger partial charge in [-0.1, -0.05) is 24.3 Å². The maximum atomic E-state index is 3.49. The third-order valence-corrected chi connectivity index (χ3v) is 4.55. The van der Waals surface area contributed by atoms with Crippen LogP contribution in [0, 0.1) is 0 Å². The van der Waals surface area contributed by atoms with Crippen molar-refractivity contribution in [3.8, 4) is 0 Å². The third kappa shape index (κ3) is 3.16. The van der Waals surface area contributed by atoms with E-state index < -0.39 is 0 Å². The fourth-order valence-electron chi connectivity index (χ4n) is 3.24. The average Bonchev–Trinajstić information content (AvgIpc) is 2.96. The van der Waals surface area contributed by atoms with E-state index in [-0.39, 0.29) is 0 Å². The van der Waals surface area contributed by atoms with Gasteiger partial charge in [0, 0.05) is 39.3 Å². The van der Waals surface area contributed by atoms with Crippen LogP contribution in [0.5, 0.6) is 0 Å². The molecule has 0 aromatic heterocycles. The van der Waals surface area contributed by atoms with Gasteiger partial charge in [0.15, 0.2) is 0 Å². The lowest BCUT2D eigenvalue weighted by Crippen LogP contribution is -2.44. The normalized spacial score (nSPS) is 25.8. The number of likely N-dealkylation sites (N-methyl/N-ethyl adjacent to an activating group) is 1. The first-order valence-corrected chi connectivity index (χ1v) is 7.52. The molecule has 0 aliphatic carbocycles. The van der Waals surface area contributed by atoms with Gasteiger partial charge in [-0.15, -0.1) is 0 Å². The molecule has 3 rings (SSSR count). The van der Waals surface area contributed by atoms with Gasteiger partial charge < -0.3 is 10.2 Å². The molecule has 1 unspecified atom stereocenters. The number of nitrogens with zero attached hydrogens (tertiary/aromatic N) is 2. The number of hydrogen-bond acceptors (Lipinski definition) is 3. The highest BCUT2D eigenvalue weighted by Gasteiger charge is 2.21. The van der Waals surface area contributed by atoms with Gasteiger partial charge in [0.1, 0.15) is 0 Å². The van der Waals surface area contributed by atoms with Gasteiger partial charge in [-0.2, -0.15) is 0 Å². The summed E-state index contributed by atoms with van der Waals surface area (Å²) in [5.41, 5.74) is 3.12. The monoisotopic (exact) mass is 259 g/mol. The minimum absolute atomic E-state index is 0.726. The Kier molecular flexibility index (Phi) is 4.16. The van der Waals surface area contributed by atoms with Crippen molar-refractivity contribution in [2.45, 2.75) is 18.9 Å². The smallest absolute Gasteiger partial charge is 0.0237 e. The zero-order chi connectivity index (χ0) is 13.1. The summed E-state index contributed by atoms with van der Waals surface area (Å²) in [6.45, 7) is 8.26. The summed E-state index contributed by atoms with van der Waals surface area (Å²) < 4.78 is 0. The number of nitrogens with one attached hydrogen (secondary N) is 1. The molecule has 0 spiro atoms. The molecule has 3 heteroatoms. The second kappa shape index (κ2) is 6.04. The highest BCUT2D eigenvalue weighted by Crippen LogP contribution is 2.26. The van der Waals surface area contributed by atoms with E-state index >= 15 is 0 Å². The van der Waals surface area contributed by atoms with Crippen molar-refractivity contribution in [1.29, 1.82) is 0 Å². The van der Waals surface area contributed by atoms with Crippen LogP contribution in [-0.4, -0.2) is 56.1 Å². The molecular weight excluding hydrogens is 234 g/mol. The first kappa shape index (κ1) is 13.1. The van der Waals surface area contributed by atoms with E-state index in [1.807, 2.05) is 0 Å². The van der Waals surface area contributed by atoms with Crippen LogP contribution in [0.1, 0.15) is 23.5 Å². The molecule has 1 aromatic rings. The largest absolute Gasteiger partial charge is 0.316 e. The van der Waals surface area contributed by atoms with Crippen molar-refractivity contribution < 1.29 is 0 Å². The van der Waals surface area contributed by atoms with Gasteiger partial charge in [-0.05, 0) is 37.1 Å². The Morgan fingerprint density at radius 2 is 1.95 bits per heavy atom. The quantitative estimate of drug-likeness (QED) is 0.888. The molecule has 3 nitrogen and oxygen atoms in total. The third-order valence-electron chi connectivity index (χ3n) is 4.55. The van der Waals surface area contributed by atoms with Crippen molar-refractivity contribution in [2.75, 3.05) is 46.3 Å². The minimum Gasteiger partial charge on any atom is -0.316 e. The van der Waals surface area contributed by atoms with Crippen LogP contribution >= 0.6 is 0 Å². The zero-order valence-corrected chi connectivity index (χ0v) is 11.9. The molecule has 2 heterocycles. The maximum absolute atomic E-state index is 3.49. The lowest BCUT2D eigenvalue weighted by Gasteiger charge is -2.33. The van der Waals surface area contributed by atoms with Gasteiger partial charge in [-0.25, -0.2) is 0 Å². The number of benzene rings is 1. The standard InChI is InChI=1S/C16H25N3/c1-18-8-10-19(11-9-18)13-15-4-2-3-5-16(15)14-6-7-17-12-14/h2-5,14,17H,6-13H2,1H3. The SMILES string of the molecule is CN1CCN(Cc2ccccc2C2CCNC2)CC1. The van der Waals surface area contributed by atoms with Gasteiger partial charge in [0.2, 0.25) is 0 Å². The lowest BCUT2D eigenvalue weighted by atomic mass is 9.93. The van der Waals surface area contributed by atoms with Crippen molar-refractivity contribution in [3.63, 3.8) is 0 Å². The molecule has 2 saturated heterocycles. The predicted octanol–water partition coefficient (Wildman–Crippen LogP) is 1.51. The molecule has 1 atom stereocenters. The Balaban J connectivity index is 1.69. The summed E-state index contributed by atoms with van der Waals surface area (Å²) in [4.78, 5) is 5.02. The number of hydrogen-bond donors (Lipinski definition) is 1. The fraction of sp³-hybridized carbons (Fsp3) is 0.625. The summed E-state index contributed by atoms with van der Waals surface area (Å²) in [5, 5.41) is 3.49. The second-order valence-corrected chi connectivity index (χ2v) is 5.97. The van der Waals surface area contributed by atoms with E-state index in [2.05, 4.69) is 46.4 Å². The minimum atomic E-state index is 0.726. The Hall–Kier alpha value is -0.900. The summed E-state index contributed by atoms with van der Waals surface area (Å²) >= 11 is 0. The first-order chi connectivity index (χ1) is 9.33. The van der Waals surface area contributed by atoms with E-state index in [1.165, 1.54) is 39.1 Å². The Morgan fingerprint density at radius 1 is 1.16 bits per heavy atom. The average molecular weight is 259 g/mol. The summed E-state index contributed by atoms with van der Waals surface area (Å²) in [7, 11) is 2.22. The highest BCUT2D eigenvalue weighted by molar-refractivity contribution is 5.31. The first-order valence-electron chi connectivity index (χ1n) is 7.52. The predicted molar refractivity (Wildman–Crippen MR) is 79.4 cm³/mol. The van der Waals surface area contributed by atoms with Crippen LogP contribution in [0.25, 0.3) is 0 Å². The zero-order valence-electron chi connectivity index (χ0n) is 11.9. The van der Waals surface area contributed by atoms with Gasteiger partial charge in [0.05, 0.1) is 0 Å². The molecule has 2 aliphatic heterocycles. The van der Waals surface area contributed by atoms with E-state index in [0.717, 1.165) is 19.0 Å². The van der Waals surface area contributed by atoms with Gasteiger partial charge in [0.25, 0.3) is 0 Å². The van der Waals surface area contributed by atoms with Crippen LogP contribution in [-0.2, 0) is 6.54 Å². The van der Waals surface area contributed by atoms with Crippen LogP contribution in [0.3, 0.4) is 0 Å². The van der Waals surface area contributed by atoms with E-state index in [9.17, 15) is 0 Å². The molecular formula is C16H25N3. The van der Waals surface area contributed by atoms with Crippen molar-refractivity contribution >= 4 is 0 Å². The van der Waals surface area contributed by atoms with Crippen molar-refractivity contribution in [3.05, 3.63) is 35.4 Å². The molecule has 0 saturated carbocycles. The molecule has 0 amide bonds. The van der Waals surface area contributed by atoms with Crippen molar-refractivity contribution in [1.82, 2.24) is 15.1 Å². The topological polar surface area (TPSA) is 18.5 Å². The van der Waals surface area contributed by atoms with E-state index in [0.29, 0.717) is 0 Å². The molecule has 104 valence electrons. The second-order valence-electron chi connectivity index (χ2n) is 5.97. The highest BCUT2D eigenvalue weighted by atomic mass is 15.2. The summed E-state index contributed by atoms with van der Waals surface area (Å²) in [5.74, 6) is 0.726. The fourth-order valence-corrected chi connectivity index (χ4v) is 3.24. The maximum Gasteiger partial charge on any atom is 0.0237 e.